The molecule has 2 rings (SSSR count). The van der Waals surface area contributed by atoms with E-state index in [4.69, 9.17) is 9.26 Å². The van der Waals surface area contributed by atoms with Gasteiger partial charge in [-0.05, 0) is 26.3 Å². The fourth-order valence-electron chi connectivity index (χ4n) is 2.14. The summed E-state index contributed by atoms with van der Waals surface area (Å²) in [6.45, 7) is 6.42. The third-order valence-electron chi connectivity index (χ3n) is 3.29. The molecule has 0 aliphatic rings. The molecule has 1 aromatic carbocycles. The van der Waals surface area contributed by atoms with Crippen LogP contribution in [0, 0.1) is 13.8 Å². The number of nitrogens with one attached hydrogen (secondary N) is 1. The van der Waals surface area contributed by atoms with Crippen molar-refractivity contribution in [1.29, 1.82) is 0 Å². The fraction of sp³-hybridized carbons (Fsp3) is 0.375. The van der Waals surface area contributed by atoms with Crippen molar-refractivity contribution in [2.45, 2.75) is 33.4 Å². The molecule has 0 bridgehead atoms. The molecule has 0 saturated heterocycles. The summed E-state index contributed by atoms with van der Waals surface area (Å²) < 4.78 is 10.7. The van der Waals surface area contributed by atoms with Gasteiger partial charge >= 0.3 is 0 Å². The lowest BCUT2D eigenvalue weighted by Gasteiger charge is -2.17. The predicted molar refractivity (Wildman–Crippen MR) is 78.6 cm³/mol. The van der Waals surface area contributed by atoms with E-state index in [-0.39, 0.29) is 5.91 Å². The third-order valence-corrected chi connectivity index (χ3v) is 3.29. The molecule has 1 aromatic heterocycles. The van der Waals surface area contributed by atoms with Crippen LogP contribution in [-0.4, -0.2) is 17.7 Å². The Balaban J connectivity index is 2.06. The van der Waals surface area contributed by atoms with Gasteiger partial charge in [0, 0.05) is 18.7 Å². The van der Waals surface area contributed by atoms with Gasteiger partial charge in [-0.25, -0.2) is 0 Å². The van der Waals surface area contributed by atoms with Crippen LogP contribution in [0.25, 0.3) is 0 Å². The number of aryl methyl sites for hydroxylation is 2. The van der Waals surface area contributed by atoms with E-state index in [1.165, 1.54) is 0 Å². The number of hydrogen-bond acceptors (Lipinski definition) is 4. The molecule has 0 aliphatic heterocycles. The van der Waals surface area contributed by atoms with E-state index < -0.39 is 6.10 Å². The molecule has 2 aromatic rings. The summed E-state index contributed by atoms with van der Waals surface area (Å²) in [5.74, 6) is 0.559. The van der Waals surface area contributed by atoms with Gasteiger partial charge in [0.1, 0.15) is 5.76 Å². The summed E-state index contributed by atoms with van der Waals surface area (Å²) in [4.78, 5) is 12.4. The number of amides is 1. The molecule has 5 nitrogen and oxygen atoms in total. The molecule has 1 heterocycles. The van der Waals surface area contributed by atoms with Crippen molar-refractivity contribution >= 4 is 5.91 Å². The fourth-order valence-corrected chi connectivity index (χ4v) is 2.14. The Morgan fingerprint density at radius 3 is 2.62 bits per heavy atom. The maximum absolute atomic E-state index is 12.4. The Morgan fingerprint density at radius 2 is 2.05 bits per heavy atom. The maximum atomic E-state index is 12.4. The highest BCUT2D eigenvalue weighted by molar-refractivity contribution is 5.82. The molecule has 21 heavy (non-hydrogen) atoms. The van der Waals surface area contributed by atoms with Crippen LogP contribution in [0.3, 0.4) is 0 Å². The second-order valence-corrected chi connectivity index (χ2v) is 4.77. The van der Waals surface area contributed by atoms with Crippen LogP contribution in [-0.2, 0) is 16.1 Å². The number of carbonyl (C=O) groups excluding carboxylic acids is 1. The van der Waals surface area contributed by atoms with Crippen molar-refractivity contribution in [3.63, 3.8) is 0 Å². The van der Waals surface area contributed by atoms with Gasteiger partial charge in [-0.2, -0.15) is 0 Å². The van der Waals surface area contributed by atoms with Crippen LogP contribution < -0.4 is 5.32 Å². The van der Waals surface area contributed by atoms with E-state index in [2.05, 4.69) is 10.5 Å². The molecule has 0 saturated carbocycles. The van der Waals surface area contributed by atoms with E-state index in [9.17, 15) is 4.79 Å². The molecule has 1 unspecified atom stereocenters. The molecular weight excluding hydrogens is 268 g/mol. The summed E-state index contributed by atoms with van der Waals surface area (Å²) in [6.07, 6.45) is -0.600. The van der Waals surface area contributed by atoms with Gasteiger partial charge in [0.05, 0.1) is 5.69 Å². The number of nitrogens with zero attached hydrogens (tertiary/aromatic N) is 1. The molecule has 112 valence electrons. The normalized spacial score (nSPS) is 12.1. The highest BCUT2D eigenvalue weighted by atomic mass is 16.5. The van der Waals surface area contributed by atoms with Crippen molar-refractivity contribution < 1.29 is 14.1 Å². The van der Waals surface area contributed by atoms with Gasteiger partial charge in [-0.1, -0.05) is 35.5 Å². The Morgan fingerprint density at radius 1 is 1.33 bits per heavy atom. The van der Waals surface area contributed by atoms with E-state index in [0.717, 1.165) is 22.6 Å². The van der Waals surface area contributed by atoms with Crippen LogP contribution in [0.2, 0.25) is 0 Å². The van der Waals surface area contributed by atoms with Gasteiger partial charge in [0.2, 0.25) is 0 Å². The number of carbonyl (C=O) groups is 1. The molecule has 0 radical (unpaired) electrons. The van der Waals surface area contributed by atoms with Crippen molar-refractivity contribution in [3.8, 4) is 0 Å². The largest absolute Gasteiger partial charge is 0.364 e. The molecule has 5 heteroatoms. The van der Waals surface area contributed by atoms with Gasteiger partial charge in [-0.3, -0.25) is 4.79 Å². The first-order chi connectivity index (χ1) is 10.1. The topological polar surface area (TPSA) is 64.4 Å². The van der Waals surface area contributed by atoms with Crippen molar-refractivity contribution in [3.05, 3.63) is 52.9 Å². The van der Waals surface area contributed by atoms with Gasteiger partial charge in [-0.15, -0.1) is 0 Å². The minimum absolute atomic E-state index is 0.164. The average Bonchev–Trinajstić information content (AvgIpc) is 2.82. The molecule has 0 spiro atoms. The zero-order valence-electron chi connectivity index (χ0n) is 12.6. The first-order valence-corrected chi connectivity index (χ1v) is 6.99. The Labute approximate surface area is 124 Å². The zero-order valence-corrected chi connectivity index (χ0v) is 12.6. The molecule has 1 atom stereocenters. The van der Waals surface area contributed by atoms with Crippen molar-refractivity contribution in [2.24, 2.45) is 0 Å². The standard InChI is InChI=1S/C16H20N2O3/c1-4-20-15(13-8-6-5-7-9-13)16(19)17-10-14-11(2)18-21-12(14)3/h5-9,15H,4,10H2,1-3H3,(H,17,19). The highest BCUT2D eigenvalue weighted by Crippen LogP contribution is 2.18. The molecular formula is C16H20N2O3. The number of benzene rings is 1. The highest BCUT2D eigenvalue weighted by Gasteiger charge is 2.21. The summed E-state index contributed by atoms with van der Waals surface area (Å²) >= 11 is 0. The lowest BCUT2D eigenvalue weighted by molar-refractivity contribution is -0.133. The summed E-state index contributed by atoms with van der Waals surface area (Å²) in [5, 5.41) is 6.76. The summed E-state index contributed by atoms with van der Waals surface area (Å²) in [7, 11) is 0. The van der Waals surface area contributed by atoms with Crippen molar-refractivity contribution in [2.75, 3.05) is 6.61 Å². The second kappa shape index (κ2) is 7.04. The molecule has 0 aliphatic carbocycles. The van der Waals surface area contributed by atoms with Gasteiger partial charge in [0.25, 0.3) is 5.91 Å². The Kier molecular flexibility index (Phi) is 5.11. The number of ether oxygens (including phenoxy) is 1. The Bertz CT molecular complexity index is 573. The van der Waals surface area contributed by atoms with E-state index >= 15 is 0 Å². The Hall–Kier alpha value is -2.14. The number of aromatic nitrogens is 1. The second-order valence-electron chi connectivity index (χ2n) is 4.77. The van der Waals surface area contributed by atoms with E-state index in [0.29, 0.717) is 13.2 Å². The summed E-state index contributed by atoms with van der Waals surface area (Å²) in [5.41, 5.74) is 2.54. The van der Waals surface area contributed by atoms with Crippen LogP contribution in [0.4, 0.5) is 0 Å². The minimum Gasteiger partial charge on any atom is -0.364 e. The van der Waals surface area contributed by atoms with Crippen LogP contribution >= 0.6 is 0 Å². The van der Waals surface area contributed by atoms with E-state index in [1.807, 2.05) is 51.1 Å². The quantitative estimate of drug-likeness (QED) is 0.887. The molecule has 1 N–H and O–H groups in total. The first-order valence-electron chi connectivity index (χ1n) is 6.99. The van der Waals surface area contributed by atoms with Crippen molar-refractivity contribution in [1.82, 2.24) is 10.5 Å². The van der Waals surface area contributed by atoms with Crippen LogP contribution in [0.1, 0.15) is 35.6 Å². The van der Waals surface area contributed by atoms with E-state index in [1.54, 1.807) is 0 Å². The average molecular weight is 288 g/mol. The SMILES string of the molecule is CCOC(C(=O)NCc1c(C)noc1C)c1ccccc1. The zero-order chi connectivity index (χ0) is 15.2. The summed E-state index contributed by atoms with van der Waals surface area (Å²) in [6, 6.07) is 9.46. The molecule has 0 fully saturated rings. The van der Waals surface area contributed by atoms with Gasteiger partial charge in [0.15, 0.2) is 6.10 Å². The van der Waals surface area contributed by atoms with Crippen LogP contribution in [0.5, 0.6) is 0 Å². The third kappa shape index (κ3) is 3.70. The predicted octanol–water partition coefficient (Wildman–Crippen LogP) is 2.69. The number of hydrogen-bond donors (Lipinski definition) is 1. The number of rotatable bonds is 6. The minimum atomic E-state index is -0.600. The maximum Gasteiger partial charge on any atom is 0.254 e. The van der Waals surface area contributed by atoms with Crippen LogP contribution in [0.15, 0.2) is 34.9 Å². The van der Waals surface area contributed by atoms with Gasteiger partial charge < -0.3 is 14.6 Å². The lowest BCUT2D eigenvalue weighted by Crippen LogP contribution is -2.30. The first kappa shape index (κ1) is 15.3. The lowest BCUT2D eigenvalue weighted by atomic mass is 10.1. The molecule has 1 amide bonds. The smallest absolute Gasteiger partial charge is 0.254 e. The monoisotopic (exact) mass is 288 g/mol.